The van der Waals surface area contributed by atoms with Crippen LogP contribution in [-0.4, -0.2) is 46.8 Å². The Balaban J connectivity index is 1.51. The van der Waals surface area contributed by atoms with Gasteiger partial charge in [-0.05, 0) is 84.9 Å². The van der Waals surface area contributed by atoms with E-state index in [4.69, 9.17) is 16.3 Å². The molecule has 2 aliphatic heterocycles. The Labute approximate surface area is 239 Å². The van der Waals surface area contributed by atoms with Crippen molar-refractivity contribution in [1.82, 2.24) is 4.72 Å². The van der Waals surface area contributed by atoms with E-state index in [0.717, 1.165) is 55.2 Å². The highest BCUT2D eigenvalue weighted by molar-refractivity contribution is 7.83. The number of nitrogens with zero attached hydrogens (tertiary/aromatic N) is 1. The fourth-order valence-corrected chi connectivity index (χ4v) is 7.39. The van der Waals surface area contributed by atoms with Crippen LogP contribution in [0.15, 0.2) is 48.6 Å². The molecule has 0 radical (unpaired) electrons. The number of benzene rings is 2. The van der Waals surface area contributed by atoms with E-state index >= 15 is 0 Å². The highest BCUT2D eigenvalue weighted by Gasteiger charge is 2.38. The summed E-state index contributed by atoms with van der Waals surface area (Å²) in [7, 11) is -1.49. The Hall–Kier alpha value is -2.35. The monoisotopic (exact) mass is 570 g/mol. The van der Waals surface area contributed by atoms with Crippen molar-refractivity contribution in [3.05, 3.63) is 70.3 Å². The molecule has 210 valence electrons. The fraction of sp³-hybridized carbons (Fsp3) is 0.516. The molecule has 0 saturated heterocycles. The maximum absolute atomic E-state index is 13.1. The fourth-order valence-electron chi connectivity index (χ4n) is 6.13. The van der Waals surface area contributed by atoms with Crippen LogP contribution in [0.25, 0.3) is 0 Å². The molecule has 1 saturated carbocycles. The number of ether oxygens (including phenoxy) is 1. The van der Waals surface area contributed by atoms with Crippen molar-refractivity contribution in [2.24, 2.45) is 17.8 Å². The number of carbonyl (C=O) groups is 1. The SMILES string of the molecule is CCCc1cc(Cl)ccc1C1COc2ccc3cc2N(C1)C[C@@H]1CCC1C(O)/C=C/C[C@H](C)CS(=O)NC3=O. The molecule has 1 fully saturated rings. The van der Waals surface area contributed by atoms with Crippen LogP contribution in [0.5, 0.6) is 5.75 Å². The van der Waals surface area contributed by atoms with Crippen LogP contribution >= 0.6 is 11.6 Å². The van der Waals surface area contributed by atoms with Crippen molar-refractivity contribution in [3.63, 3.8) is 0 Å². The number of nitrogens with one attached hydrogen (secondary N) is 1. The summed E-state index contributed by atoms with van der Waals surface area (Å²) in [5, 5.41) is 11.7. The van der Waals surface area contributed by atoms with Gasteiger partial charge < -0.3 is 14.7 Å². The van der Waals surface area contributed by atoms with Gasteiger partial charge in [0.05, 0.1) is 18.4 Å². The van der Waals surface area contributed by atoms with Crippen molar-refractivity contribution in [3.8, 4) is 5.75 Å². The van der Waals surface area contributed by atoms with Gasteiger partial charge in [0, 0.05) is 35.3 Å². The number of anilines is 1. The van der Waals surface area contributed by atoms with Gasteiger partial charge in [-0.1, -0.05) is 50.1 Å². The average molecular weight is 571 g/mol. The molecular weight excluding hydrogens is 532 g/mol. The lowest BCUT2D eigenvalue weighted by Gasteiger charge is -2.42. The largest absolute Gasteiger partial charge is 0.491 e. The molecule has 0 spiro atoms. The van der Waals surface area contributed by atoms with E-state index in [2.05, 4.69) is 28.7 Å². The Kier molecular flexibility index (Phi) is 8.99. The summed E-state index contributed by atoms with van der Waals surface area (Å²) in [5.74, 6) is 1.55. The number of fused-ring (bicyclic) bond motifs is 2. The predicted octanol–water partition coefficient (Wildman–Crippen LogP) is 5.65. The van der Waals surface area contributed by atoms with E-state index < -0.39 is 17.1 Å². The third kappa shape index (κ3) is 6.53. The first-order valence-electron chi connectivity index (χ1n) is 14.2. The summed E-state index contributed by atoms with van der Waals surface area (Å²) < 4.78 is 21.7. The number of carbonyl (C=O) groups excluding carboxylic acids is 1. The molecule has 6 nitrogen and oxygen atoms in total. The first kappa shape index (κ1) is 28.2. The number of hydrogen-bond donors (Lipinski definition) is 2. The Bertz CT molecular complexity index is 1250. The van der Waals surface area contributed by atoms with Gasteiger partial charge >= 0.3 is 0 Å². The van der Waals surface area contributed by atoms with Gasteiger partial charge in [-0.15, -0.1) is 0 Å². The highest BCUT2D eigenvalue weighted by atomic mass is 35.5. The molecule has 6 atom stereocenters. The van der Waals surface area contributed by atoms with Crippen LogP contribution in [0.4, 0.5) is 5.69 Å². The average Bonchev–Trinajstić information content (AvgIpc) is 3.05. The molecule has 2 aromatic rings. The zero-order valence-electron chi connectivity index (χ0n) is 22.8. The van der Waals surface area contributed by atoms with E-state index in [-0.39, 0.29) is 23.7 Å². The predicted molar refractivity (Wildman–Crippen MR) is 158 cm³/mol. The van der Waals surface area contributed by atoms with Gasteiger partial charge in [-0.2, -0.15) is 0 Å². The first-order valence-corrected chi connectivity index (χ1v) is 15.9. The first-order chi connectivity index (χ1) is 18.8. The molecule has 1 amide bonds. The molecule has 39 heavy (non-hydrogen) atoms. The van der Waals surface area contributed by atoms with E-state index in [1.165, 1.54) is 11.1 Å². The van der Waals surface area contributed by atoms with Gasteiger partial charge in [-0.25, -0.2) is 4.21 Å². The number of hydrogen-bond acceptors (Lipinski definition) is 5. The molecule has 3 aliphatic rings. The number of allylic oxidation sites excluding steroid dienone is 1. The summed E-state index contributed by atoms with van der Waals surface area (Å²) >= 11 is 6.37. The summed E-state index contributed by atoms with van der Waals surface area (Å²) in [6.07, 6.45) is 8.16. The van der Waals surface area contributed by atoms with Gasteiger partial charge in [-0.3, -0.25) is 9.52 Å². The van der Waals surface area contributed by atoms with Crippen LogP contribution in [0.3, 0.4) is 0 Å². The molecular formula is C31H39ClN2O4S. The molecule has 4 unspecified atom stereocenters. The number of aliphatic hydroxyl groups is 1. The van der Waals surface area contributed by atoms with Crippen molar-refractivity contribution in [2.75, 3.05) is 30.3 Å². The van der Waals surface area contributed by atoms with Gasteiger partial charge in [0.15, 0.2) is 0 Å². The number of rotatable bonds is 3. The molecule has 2 bridgehead atoms. The third-order valence-electron chi connectivity index (χ3n) is 8.39. The quantitative estimate of drug-likeness (QED) is 0.466. The van der Waals surface area contributed by atoms with Crippen LogP contribution in [-0.2, 0) is 17.4 Å². The summed E-state index contributed by atoms with van der Waals surface area (Å²) in [5.41, 5.74) is 3.84. The third-order valence-corrected chi connectivity index (χ3v) is 9.91. The zero-order valence-corrected chi connectivity index (χ0v) is 24.3. The maximum atomic E-state index is 13.1. The minimum absolute atomic E-state index is 0.122. The molecule has 2 aromatic carbocycles. The second-order valence-electron chi connectivity index (χ2n) is 11.4. The van der Waals surface area contributed by atoms with Crippen molar-refractivity contribution < 1.29 is 18.8 Å². The van der Waals surface area contributed by atoms with Crippen LogP contribution < -0.4 is 14.4 Å². The smallest absolute Gasteiger partial charge is 0.263 e. The van der Waals surface area contributed by atoms with Crippen LogP contribution in [0.2, 0.25) is 5.02 Å². The van der Waals surface area contributed by atoms with E-state index in [9.17, 15) is 14.1 Å². The molecule has 2 N–H and O–H groups in total. The number of aryl methyl sites for hydroxylation is 1. The Morgan fingerprint density at radius 1 is 1.18 bits per heavy atom. The molecule has 5 rings (SSSR count). The number of amides is 1. The van der Waals surface area contributed by atoms with E-state index in [1.54, 1.807) is 6.07 Å². The minimum atomic E-state index is -1.49. The summed E-state index contributed by atoms with van der Waals surface area (Å²) in [6.45, 7) is 6.21. The minimum Gasteiger partial charge on any atom is -0.491 e. The normalized spacial score (nSPS) is 30.3. The molecule has 1 aliphatic carbocycles. The van der Waals surface area contributed by atoms with Gasteiger partial charge in [0.2, 0.25) is 0 Å². The molecule has 8 heteroatoms. The maximum Gasteiger partial charge on any atom is 0.263 e. The molecule has 2 heterocycles. The zero-order chi connectivity index (χ0) is 27.5. The van der Waals surface area contributed by atoms with Crippen molar-refractivity contribution in [1.29, 1.82) is 0 Å². The Morgan fingerprint density at radius 3 is 2.79 bits per heavy atom. The standard InChI is InChI=1S/C31H39ClN2O4S/c1-3-5-21-14-25(32)10-12-26(21)24-17-34-16-23-8-11-27(23)29(35)7-4-6-20(2)19-39(37)33-31(36)22-9-13-30(38-18-24)28(34)15-22/h4,7,9-10,12-15,20,23-24,27,29,35H,3,5-6,8,11,16-19H2,1-2H3,(H,33,36)/b7-4+/t20-,23-,24?,27?,29?,39?/m0/s1. The molecule has 0 aromatic heterocycles. The van der Waals surface area contributed by atoms with Gasteiger partial charge in [0.25, 0.3) is 5.91 Å². The number of halogens is 1. The summed E-state index contributed by atoms with van der Waals surface area (Å²) in [4.78, 5) is 15.4. The van der Waals surface area contributed by atoms with Crippen LogP contribution in [0.1, 0.15) is 66.9 Å². The Morgan fingerprint density at radius 2 is 2.03 bits per heavy atom. The lowest BCUT2D eigenvalue weighted by atomic mass is 9.70. The van der Waals surface area contributed by atoms with Crippen molar-refractivity contribution in [2.45, 2.75) is 58.0 Å². The number of aliphatic hydroxyl groups excluding tert-OH is 1. The lowest BCUT2D eigenvalue weighted by molar-refractivity contribution is 0.0461. The van der Waals surface area contributed by atoms with E-state index in [0.29, 0.717) is 30.3 Å². The topological polar surface area (TPSA) is 78.9 Å². The van der Waals surface area contributed by atoms with Crippen molar-refractivity contribution >= 4 is 34.2 Å². The highest BCUT2D eigenvalue weighted by Crippen LogP contribution is 2.42. The lowest BCUT2D eigenvalue weighted by Crippen LogP contribution is -2.44. The second kappa shape index (κ2) is 12.4. The second-order valence-corrected chi connectivity index (χ2v) is 13.1. The van der Waals surface area contributed by atoms with E-state index in [1.807, 2.05) is 37.3 Å². The van der Waals surface area contributed by atoms with Crippen LogP contribution in [0, 0.1) is 17.8 Å². The van der Waals surface area contributed by atoms with Gasteiger partial charge in [0.1, 0.15) is 16.7 Å². The summed E-state index contributed by atoms with van der Waals surface area (Å²) in [6, 6.07) is 11.6.